The van der Waals surface area contributed by atoms with E-state index in [1.165, 1.54) is 11.3 Å². The van der Waals surface area contributed by atoms with Crippen LogP contribution in [0.25, 0.3) is 0 Å². The number of aliphatic hydroxyl groups is 1. The van der Waals surface area contributed by atoms with Crippen LogP contribution in [-0.2, 0) is 0 Å². The van der Waals surface area contributed by atoms with E-state index in [2.05, 4.69) is 10.3 Å². The van der Waals surface area contributed by atoms with Crippen LogP contribution in [0, 0.1) is 13.8 Å². The first-order chi connectivity index (χ1) is 8.95. The standard InChI is InChI=1S/C14H16N2O2S/c1-8-4-9(2)6-11(5-8)13(18)16-14-15-12(7-19-14)10(3)17/h4-7,10,17H,1-3H3,(H,15,16,18). The van der Waals surface area contributed by atoms with Crippen molar-refractivity contribution in [2.45, 2.75) is 26.9 Å². The zero-order valence-corrected chi connectivity index (χ0v) is 11.9. The Balaban J connectivity index is 2.15. The molecule has 2 N–H and O–H groups in total. The first-order valence-corrected chi connectivity index (χ1v) is 6.87. The smallest absolute Gasteiger partial charge is 0.257 e. The van der Waals surface area contributed by atoms with E-state index in [1.54, 1.807) is 12.3 Å². The number of benzene rings is 1. The SMILES string of the molecule is Cc1cc(C)cc(C(=O)Nc2nc(C(C)O)cs2)c1. The van der Waals surface area contributed by atoms with Crippen molar-refractivity contribution >= 4 is 22.4 Å². The zero-order chi connectivity index (χ0) is 14.0. The van der Waals surface area contributed by atoms with Crippen molar-refractivity contribution in [3.8, 4) is 0 Å². The Kier molecular flexibility index (Phi) is 3.97. The van der Waals surface area contributed by atoms with Crippen LogP contribution in [0.5, 0.6) is 0 Å². The number of carbonyl (C=O) groups is 1. The van der Waals surface area contributed by atoms with Gasteiger partial charge in [0.25, 0.3) is 5.91 Å². The highest BCUT2D eigenvalue weighted by molar-refractivity contribution is 7.14. The number of rotatable bonds is 3. The molecule has 0 aliphatic carbocycles. The molecule has 0 saturated carbocycles. The maximum atomic E-state index is 12.1. The van der Waals surface area contributed by atoms with E-state index in [0.717, 1.165) is 11.1 Å². The highest BCUT2D eigenvalue weighted by Crippen LogP contribution is 2.21. The third kappa shape index (κ3) is 3.39. The predicted molar refractivity (Wildman–Crippen MR) is 76.6 cm³/mol. The fourth-order valence-electron chi connectivity index (χ4n) is 1.81. The van der Waals surface area contributed by atoms with Crippen LogP contribution < -0.4 is 5.32 Å². The quantitative estimate of drug-likeness (QED) is 0.905. The number of nitrogens with zero attached hydrogens (tertiary/aromatic N) is 1. The van der Waals surface area contributed by atoms with E-state index in [4.69, 9.17) is 0 Å². The summed E-state index contributed by atoms with van der Waals surface area (Å²) < 4.78 is 0. The van der Waals surface area contributed by atoms with Crippen molar-refractivity contribution in [3.05, 3.63) is 46.0 Å². The summed E-state index contributed by atoms with van der Waals surface area (Å²) in [6, 6.07) is 5.70. The van der Waals surface area contributed by atoms with Gasteiger partial charge in [0.15, 0.2) is 5.13 Å². The molecule has 1 heterocycles. The summed E-state index contributed by atoms with van der Waals surface area (Å²) in [5.41, 5.74) is 3.29. The third-order valence-electron chi connectivity index (χ3n) is 2.65. The lowest BCUT2D eigenvalue weighted by Gasteiger charge is -2.04. The Morgan fingerprint density at radius 1 is 1.32 bits per heavy atom. The Hall–Kier alpha value is -1.72. The lowest BCUT2D eigenvalue weighted by atomic mass is 10.1. The maximum Gasteiger partial charge on any atom is 0.257 e. The minimum atomic E-state index is -0.622. The van der Waals surface area contributed by atoms with Crippen molar-refractivity contribution in [1.82, 2.24) is 4.98 Å². The Labute approximate surface area is 116 Å². The van der Waals surface area contributed by atoms with Gasteiger partial charge in [0.05, 0.1) is 11.8 Å². The largest absolute Gasteiger partial charge is 0.387 e. The van der Waals surface area contributed by atoms with Crippen molar-refractivity contribution in [2.24, 2.45) is 0 Å². The summed E-state index contributed by atoms with van der Waals surface area (Å²) in [6.07, 6.45) is -0.622. The molecular weight excluding hydrogens is 260 g/mol. The molecule has 100 valence electrons. The van der Waals surface area contributed by atoms with Gasteiger partial charge < -0.3 is 5.11 Å². The Morgan fingerprint density at radius 3 is 2.47 bits per heavy atom. The first-order valence-electron chi connectivity index (χ1n) is 5.99. The molecule has 0 spiro atoms. The number of aliphatic hydroxyl groups excluding tert-OH is 1. The van der Waals surface area contributed by atoms with Gasteiger partial charge in [0.2, 0.25) is 0 Å². The summed E-state index contributed by atoms with van der Waals surface area (Å²) in [6.45, 7) is 5.56. The second kappa shape index (κ2) is 5.50. The van der Waals surface area contributed by atoms with Gasteiger partial charge in [-0.1, -0.05) is 17.2 Å². The Bertz CT molecular complexity index is 585. The van der Waals surface area contributed by atoms with E-state index in [0.29, 0.717) is 16.4 Å². The molecule has 0 saturated heterocycles. The van der Waals surface area contributed by atoms with Crippen molar-refractivity contribution in [2.75, 3.05) is 5.32 Å². The summed E-state index contributed by atoms with van der Waals surface area (Å²) >= 11 is 1.31. The van der Waals surface area contributed by atoms with Crippen LogP contribution >= 0.6 is 11.3 Å². The highest BCUT2D eigenvalue weighted by atomic mass is 32.1. The predicted octanol–water partition coefficient (Wildman–Crippen LogP) is 3.07. The molecule has 0 aliphatic heterocycles. The van der Waals surface area contributed by atoms with E-state index in [9.17, 15) is 9.90 Å². The lowest BCUT2D eigenvalue weighted by molar-refractivity contribution is 0.102. The zero-order valence-electron chi connectivity index (χ0n) is 11.1. The van der Waals surface area contributed by atoms with Gasteiger partial charge in [-0.05, 0) is 32.9 Å². The number of aromatic nitrogens is 1. The van der Waals surface area contributed by atoms with Crippen LogP contribution in [0.2, 0.25) is 0 Å². The van der Waals surface area contributed by atoms with Gasteiger partial charge in [-0.2, -0.15) is 0 Å². The number of amides is 1. The average Bonchev–Trinajstić information content (AvgIpc) is 2.76. The van der Waals surface area contributed by atoms with E-state index < -0.39 is 6.10 Å². The molecule has 0 aliphatic rings. The fourth-order valence-corrected chi connectivity index (χ4v) is 2.60. The van der Waals surface area contributed by atoms with Crippen LogP contribution in [0.4, 0.5) is 5.13 Å². The van der Waals surface area contributed by atoms with Crippen molar-refractivity contribution < 1.29 is 9.90 Å². The third-order valence-corrected chi connectivity index (χ3v) is 3.43. The highest BCUT2D eigenvalue weighted by Gasteiger charge is 2.11. The summed E-state index contributed by atoms with van der Waals surface area (Å²) in [5.74, 6) is -0.182. The monoisotopic (exact) mass is 276 g/mol. The summed E-state index contributed by atoms with van der Waals surface area (Å²) in [4.78, 5) is 16.2. The van der Waals surface area contributed by atoms with Crippen LogP contribution in [0.3, 0.4) is 0 Å². The number of hydrogen-bond acceptors (Lipinski definition) is 4. The van der Waals surface area contributed by atoms with Crippen LogP contribution in [-0.4, -0.2) is 16.0 Å². The average molecular weight is 276 g/mol. The molecule has 1 amide bonds. The van der Waals surface area contributed by atoms with Crippen LogP contribution in [0.15, 0.2) is 23.6 Å². The number of hydrogen-bond donors (Lipinski definition) is 2. The Morgan fingerprint density at radius 2 is 1.95 bits per heavy atom. The molecule has 4 nitrogen and oxygen atoms in total. The maximum absolute atomic E-state index is 12.1. The number of thiazole rings is 1. The second-order valence-electron chi connectivity index (χ2n) is 4.58. The molecule has 0 radical (unpaired) electrons. The molecule has 2 aromatic rings. The topological polar surface area (TPSA) is 62.2 Å². The van der Waals surface area contributed by atoms with Crippen molar-refractivity contribution in [1.29, 1.82) is 0 Å². The molecule has 19 heavy (non-hydrogen) atoms. The van der Waals surface area contributed by atoms with Gasteiger partial charge in [-0.3, -0.25) is 10.1 Å². The van der Waals surface area contributed by atoms with Gasteiger partial charge in [-0.25, -0.2) is 4.98 Å². The molecule has 5 heteroatoms. The molecule has 0 fully saturated rings. The minimum Gasteiger partial charge on any atom is -0.387 e. The van der Waals surface area contributed by atoms with Gasteiger partial charge in [-0.15, -0.1) is 11.3 Å². The van der Waals surface area contributed by atoms with Gasteiger partial charge >= 0.3 is 0 Å². The first kappa shape index (κ1) is 13.7. The van der Waals surface area contributed by atoms with E-state index in [-0.39, 0.29) is 5.91 Å². The number of nitrogens with one attached hydrogen (secondary N) is 1. The fraction of sp³-hybridized carbons (Fsp3) is 0.286. The number of carbonyl (C=O) groups excluding carboxylic acids is 1. The van der Waals surface area contributed by atoms with Crippen LogP contribution in [0.1, 0.15) is 40.2 Å². The van der Waals surface area contributed by atoms with Gasteiger partial charge in [0.1, 0.15) is 0 Å². The van der Waals surface area contributed by atoms with E-state index >= 15 is 0 Å². The summed E-state index contributed by atoms with van der Waals surface area (Å²) in [7, 11) is 0. The van der Waals surface area contributed by atoms with E-state index in [1.807, 2.05) is 32.0 Å². The molecule has 1 atom stereocenters. The second-order valence-corrected chi connectivity index (χ2v) is 5.44. The molecule has 1 aromatic carbocycles. The normalized spacial score (nSPS) is 12.2. The van der Waals surface area contributed by atoms with Crippen molar-refractivity contribution in [3.63, 3.8) is 0 Å². The molecule has 1 aromatic heterocycles. The minimum absolute atomic E-state index is 0.182. The molecular formula is C14H16N2O2S. The van der Waals surface area contributed by atoms with Gasteiger partial charge in [0, 0.05) is 10.9 Å². The molecule has 0 bridgehead atoms. The summed E-state index contributed by atoms with van der Waals surface area (Å²) in [5, 5.41) is 14.4. The molecule has 2 rings (SSSR count). The number of aryl methyl sites for hydroxylation is 2. The molecule has 1 unspecified atom stereocenters. The number of anilines is 1. The lowest BCUT2D eigenvalue weighted by Crippen LogP contribution is -2.12.